The maximum absolute atomic E-state index is 12.1. The lowest BCUT2D eigenvalue weighted by atomic mass is 9.83. The summed E-state index contributed by atoms with van der Waals surface area (Å²) in [5.74, 6) is 0.696. The Morgan fingerprint density at radius 1 is 0.962 bits per heavy atom. The van der Waals surface area contributed by atoms with Crippen LogP contribution in [-0.4, -0.2) is 49.2 Å². The molecule has 0 amide bonds. The minimum atomic E-state index is -0.0228. The molecule has 0 bridgehead atoms. The predicted molar refractivity (Wildman–Crippen MR) is 96.9 cm³/mol. The van der Waals surface area contributed by atoms with Crippen molar-refractivity contribution in [2.24, 2.45) is 11.8 Å². The summed E-state index contributed by atoms with van der Waals surface area (Å²) in [6, 6.07) is 0. The predicted octanol–water partition coefficient (Wildman–Crippen LogP) is 3.63. The Balaban J connectivity index is 0.976. The van der Waals surface area contributed by atoms with Crippen LogP contribution in [0.25, 0.3) is 0 Å². The number of esters is 1. The zero-order chi connectivity index (χ0) is 18.2. The monoisotopic (exact) mass is 366 g/mol. The summed E-state index contributed by atoms with van der Waals surface area (Å²) in [5.41, 5.74) is 0.274. The second-order valence-electron chi connectivity index (χ2n) is 9.25. The normalized spacial score (nSPS) is 43.3. The molecule has 0 radical (unpaired) electrons. The summed E-state index contributed by atoms with van der Waals surface area (Å²) in [5, 5.41) is 0. The van der Waals surface area contributed by atoms with Crippen LogP contribution in [0.5, 0.6) is 0 Å². The van der Waals surface area contributed by atoms with E-state index in [4.69, 9.17) is 18.9 Å². The van der Waals surface area contributed by atoms with Gasteiger partial charge in [-0.15, -0.1) is 0 Å². The van der Waals surface area contributed by atoms with E-state index in [0.717, 1.165) is 51.7 Å². The lowest BCUT2D eigenvalue weighted by molar-refractivity contribution is -0.149. The smallest absolute Gasteiger partial charge is 0.309 e. The minimum Gasteiger partial charge on any atom is -0.465 e. The molecule has 2 aliphatic carbocycles. The molecule has 4 fully saturated rings. The van der Waals surface area contributed by atoms with E-state index in [1.807, 2.05) is 0 Å². The van der Waals surface area contributed by atoms with Gasteiger partial charge >= 0.3 is 5.97 Å². The molecule has 2 heterocycles. The van der Waals surface area contributed by atoms with Crippen LogP contribution >= 0.6 is 0 Å². The van der Waals surface area contributed by atoms with Crippen LogP contribution in [0.1, 0.15) is 71.6 Å². The first kappa shape index (κ1) is 18.7. The molecule has 5 heteroatoms. The second-order valence-corrected chi connectivity index (χ2v) is 9.25. The van der Waals surface area contributed by atoms with Crippen LogP contribution < -0.4 is 0 Å². The molecule has 26 heavy (non-hydrogen) atoms. The molecule has 4 aliphatic rings. The summed E-state index contributed by atoms with van der Waals surface area (Å²) in [4.78, 5) is 12.1. The van der Waals surface area contributed by atoms with Gasteiger partial charge in [0.15, 0.2) is 0 Å². The van der Waals surface area contributed by atoms with Crippen LogP contribution in [0.4, 0.5) is 0 Å². The molecule has 2 aliphatic heterocycles. The Morgan fingerprint density at radius 2 is 1.65 bits per heavy atom. The first-order valence-electron chi connectivity index (χ1n) is 10.6. The van der Waals surface area contributed by atoms with Gasteiger partial charge < -0.3 is 18.9 Å². The number of epoxide rings is 2. The van der Waals surface area contributed by atoms with Crippen molar-refractivity contribution >= 4 is 5.97 Å². The second kappa shape index (κ2) is 7.40. The fourth-order valence-electron chi connectivity index (χ4n) is 4.75. The standard InChI is InChI=1S/C21H34O5/c1-20-8-6-15(12-17(20)25-20)14-23-10-4-3-5-11-24-19(22)16-7-9-21(2)18(13-16)26-21/h15-18H,3-14H2,1-2H3/t15?,16?,17?,18-,20?,21?/m0/s1. The van der Waals surface area contributed by atoms with Crippen molar-refractivity contribution in [3.05, 3.63) is 0 Å². The molecular weight excluding hydrogens is 332 g/mol. The Kier molecular flexibility index (Phi) is 5.32. The zero-order valence-electron chi connectivity index (χ0n) is 16.3. The van der Waals surface area contributed by atoms with E-state index in [2.05, 4.69) is 13.8 Å². The van der Waals surface area contributed by atoms with Crippen molar-refractivity contribution < 1.29 is 23.7 Å². The number of rotatable bonds is 9. The van der Waals surface area contributed by atoms with Crippen molar-refractivity contribution in [2.75, 3.05) is 19.8 Å². The highest BCUT2D eigenvalue weighted by Crippen LogP contribution is 2.50. The van der Waals surface area contributed by atoms with E-state index in [-0.39, 0.29) is 29.2 Å². The largest absolute Gasteiger partial charge is 0.465 e. The highest BCUT2D eigenvalue weighted by Gasteiger charge is 2.56. The summed E-state index contributed by atoms with van der Waals surface area (Å²) in [6.45, 7) is 6.60. The molecule has 2 saturated heterocycles. The number of hydrogen-bond acceptors (Lipinski definition) is 5. The fourth-order valence-corrected chi connectivity index (χ4v) is 4.75. The molecule has 4 rings (SSSR count). The van der Waals surface area contributed by atoms with Crippen LogP contribution in [-0.2, 0) is 23.7 Å². The topological polar surface area (TPSA) is 60.6 Å². The van der Waals surface area contributed by atoms with Gasteiger partial charge in [0.1, 0.15) is 0 Å². The van der Waals surface area contributed by atoms with Gasteiger partial charge in [-0.1, -0.05) is 0 Å². The highest BCUT2D eigenvalue weighted by molar-refractivity contribution is 5.72. The van der Waals surface area contributed by atoms with Crippen LogP contribution in [0.2, 0.25) is 0 Å². The third-order valence-corrected chi connectivity index (χ3v) is 7.02. The van der Waals surface area contributed by atoms with Crippen molar-refractivity contribution in [3.63, 3.8) is 0 Å². The van der Waals surface area contributed by atoms with Gasteiger partial charge in [0, 0.05) is 13.2 Å². The average Bonchev–Trinajstić information content (AvgIpc) is 3.49. The molecule has 148 valence electrons. The molecule has 5 unspecified atom stereocenters. The fraction of sp³-hybridized carbons (Fsp3) is 0.952. The molecule has 0 aromatic heterocycles. The molecule has 0 spiro atoms. The molecule has 0 N–H and O–H groups in total. The highest BCUT2D eigenvalue weighted by atomic mass is 16.6. The molecule has 0 aromatic carbocycles. The number of ether oxygens (including phenoxy) is 4. The van der Waals surface area contributed by atoms with Crippen molar-refractivity contribution in [2.45, 2.75) is 95.0 Å². The molecule has 2 saturated carbocycles. The van der Waals surface area contributed by atoms with Crippen LogP contribution in [0, 0.1) is 11.8 Å². The van der Waals surface area contributed by atoms with E-state index in [0.29, 0.717) is 18.6 Å². The minimum absolute atomic E-state index is 0.0228. The van der Waals surface area contributed by atoms with Crippen LogP contribution in [0.15, 0.2) is 0 Å². The molecule has 0 aromatic rings. The maximum atomic E-state index is 12.1. The number of hydrogen-bond donors (Lipinski definition) is 0. The summed E-state index contributed by atoms with van der Waals surface area (Å²) >= 11 is 0. The summed E-state index contributed by atoms with van der Waals surface area (Å²) in [7, 11) is 0. The van der Waals surface area contributed by atoms with Crippen LogP contribution in [0.3, 0.4) is 0 Å². The summed E-state index contributed by atoms with van der Waals surface area (Å²) in [6.07, 6.45) is 10.1. The van der Waals surface area contributed by atoms with E-state index in [9.17, 15) is 4.79 Å². The van der Waals surface area contributed by atoms with Gasteiger partial charge in [0.2, 0.25) is 0 Å². The first-order chi connectivity index (χ1) is 12.5. The number of fused-ring (bicyclic) bond motifs is 2. The third-order valence-electron chi connectivity index (χ3n) is 7.02. The number of unbranched alkanes of at least 4 members (excludes halogenated alkanes) is 2. The lowest BCUT2D eigenvalue weighted by Crippen LogP contribution is -2.28. The average molecular weight is 366 g/mol. The van der Waals surface area contributed by atoms with Gasteiger partial charge in [-0.25, -0.2) is 0 Å². The van der Waals surface area contributed by atoms with Crippen molar-refractivity contribution in [1.82, 2.24) is 0 Å². The SMILES string of the molecule is CC12CCC(COCCCCCOC(=O)C3CCC4(C)O[C@H]4C3)CC1O2. The van der Waals surface area contributed by atoms with E-state index >= 15 is 0 Å². The maximum Gasteiger partial charge on any atom is 0.309 e. The Morgan fingerprint density at radius 3 is 2.38 bits per heavy atom. The lowest BCUT2D eigenvalue weighted by Gasteiger charge is -2.22. The quantitative estimate of drug-likeness (QED) is 0.354. The zero-order valence-corrected chi connectivity index (χ0v) is 16.3. The summed E-state index contributed by atoms with van der Waals surface area (Å²) < 4.78 is 22.7. The molecule has 5 nitrogen and oxygen atoms in total. The van der Waals surface area contributed by atoms with Gasteiger partial charge in [0.05, 0.1) is 35.9 Å². The third kappa shape index (κ3) is 4.26. The van der Waals surface area contributed by atoms with Crippen molar-refractivity contribution in [3.8, 4) is 0 Å². The van der Waals surface area contributed by atoms with Gasteiger partial charge in [-0.2, -0.15) is 0 Å². The number of carbonyl (C=O) groups is 1. The molecular formula is C21H34O5. The van der Waals surface area contributed by atoms with Gasteiger partial charge in [-0.3, -0.25) is 4.79 Å². The first-order valence-corrected chi connectivity index (χ1v) is 10.6. The Hall–Kier alpha value is -0.650. The van der Waals surface area contributed by atoms with E-state index in [1.54, 1.807) is 0 Å². The van der Waals surface area contributed by atoms with Gasteiger partial charge in [0.25, 0.3) is 0 Å². The Labute approximate surface area is 157 Å². The number of carbonyl (C=O) groups excluding carboxylic acids is 1. The van der Waals surface area contributed by atoms with Crippen molar-refractivity contribution in [1.29, 1.82) is 0 Å². The van der Waals surface area contributed by atoms with E-state index < -0.39 is 0 Å². The molecule has 6 atom stereocenters. The van der Waals surface area contributed by atoms with E-state index in [1.165, 1.54) is 19.3 Å². The van der Waals surface area contributed by atoms with Gasteiger partial charge in [-0.05, 0) is 77.6 Å². The Bertz CT molecular complexity index is 523.